The molecule has 0 spiro atoms. The molecule has 2 fully saturated rings. The first kappa shape index (κ1) is 18.4. The normalized spacial score (nSPS) is 20.7. The van der Waals surface area contributed by atoms with Crippen molar-refractivity contribution >= 4 is 23.0 Å². The predicted molar refractivity (Wildman–Crippen MR) is 105 cm³/mol. The van der Waals surface area contributed by atoms with E-state index in [4.69, 9.17) is 21.7 Å². The summed E-state index contributed by atoms with van der Waals surface area (Å²) in [7, 11) is 1.67. The summed E-state index contributed by atoms with van der Waals surface area (Å²) in [6.07, 6.45) is 6.44. The summed E-state index contributed by atoms with van der Waals surface area (Å²) in [5.41, 5.74) is 1.19. The van der Waals surface area contributed by atoms with E-state index in [1.54, 1.807) is 7.11 Å². The number of nitrogens with one attached hydrogen (secondary N) is 2. The first-order valence-corrected chi connectivity index (χ1v) is 9.64. The lowest BCUT2D eigenvalue weighted by Crippen LogP contribution is -2.60. The van der Waals surface area contributed by atoms with Gasteiger partial charge in [0.25, 0.3) is 0 Å². The van der Waals surface area contributed by atoms with Crippen LogP contribution in [-0.4, -0.2) is 55.5 Å². The first-order valence-electron chi connectivity index (χ1n) is 9.24. The topological polar surface area (TPSA) is 45.8 Å². The predicted octanol–water partition coefficient (Wildman–Crippen LogP) is 3.02. The number of ether oxygens (including phenoxy) is 2. The van der Waals surface area contributed by atoms with Crippen LogP contribution in [0.2, 0.25) is 0 Å². The van der Waals surface area contributed by atoms with Crippen molar-refractivity contribution in [3.8, 4) is 5.75 Å². The molecule has 1 aliphatic heterocycles. The fraction of sp³-hybridized carbons (Fsp3) is 0.632. The quantitative estimate of drug-likeness (QED) is 0.784. The minimum Gasteiger partial charge on any atom is -0.497 e. The van der Waals surface area contributed by atoms with Crippen molar-refractivity contribution in [1.29, 1.82) is 0 Å². The van der Waals surface area contributed by atoms with Crippen LogP contribution in [0.5, 0.6) is 5.75 Å². The van der Waals surface area contributed by atoms with Crippen molar-refractivity contribution in [1.82, 2.24) is 10.2 Å². The maximum Gasteiger partial charge on any atom is 0.170 e. The summed E-state index contributed by atoms with van der Waals surface area (Å²) in [4.78, 5) is 2.62. The highest BCUT2D eigenvalue weighted by molar-refractivity contribution is 7.80. The molecule has 1 aromatic rings. The third kappa shape index (κ3) is 4.84. The summed E-state index contributed by atoms with van der Waals surface area (Å²) < 4.78 is 10.7. The minimum absolute atomic E-state index is 0.216. The Hall–Kier alpha value is -1.37. The molecule has 1 saturated heterocycles. The molecule has 1 heterocycles. The van der Waals surface area contributed by atoms with Crippen LogP contribution in [0.3, 0.4) is 0 Å². The van der Waals surface area contributed by atoms with Crippen LogP contribution in [0.4, 0.5) is 5.69 Å². The molecule has 0 amide bonds. The fourth-order valence-electron chi connectivity index (χ4n) is 3.95. The highest BCUT2D eigenvalue weighted by Crippen LogP contribution is 2.33. The summed E-state index contributed by atoms with van der Waals surface area (Å²) in [6, 6.07) is 7.82. The molecule has 25 heavy (non-hydrogen) atoms. The van der Waals surface area contributed by atoms with Crippen LogP contribution in [0.1, 0.15) is 32.1 Å². The van der Waals surface area contributed by atoms with Gasteiger partial charge >= 0.3 is 0 Å². The average molecular weight is 364 g/mol. The van der Waals surface area contributed by atoms with Gasteiger partial charge in [0.1, 0.15) is 5.75 Å². The van der Waals surface area contributed by atoms with Gasteiger partial charge in [-0.2, -0.15) is 0 Å². The van der Waals surface area contributed by atoms with Crippen molar-refractivity contribution in [2.45, 2.75) is 37.6 Å². The Kier molecular flexibility index (Phi) is 6.51. The van der Waals surface area contributed by atoms with Gasteiger partial charge in [-0.15, -0.1) is 0 Å². The molecule has 6 heteroatoms. The number of hydrogen-bond donors (Lipinski definition) is 2. The molecule has 0 unspecified atom stereocenters. The van der Waals surface area contributed by atoms with E-state index in [1.807, 2.05) is 24.3 Å². The number of methoxy groups -OCH3 is 1. The van der Waals surface area contributed by atoms with Gasteiger partial charge in [-0.25, -0.2) is 0 Å². The number of nitrogens with zero attached hydrogens (tertiary/aromatic N) is 1. The fourth-order valence-corrected chi connectivity index (χ4v) is 4.14. The van der Waals surface area contributed by atoms with E-state index in [1.165, 1.54) is 32.1 Å². The van der Waals surface area contributed by atoms with Gasteiger partial charge < -0.3 is 20.1 Å². The average Bonchev–Trinajstić information content (AvgIpc) is 2.68. The molecule has 0 atom stereocenters. The zero-order chi connectivity index (χ0) is 17.5. The summed E-state index contributed by atoms with van der Waals surface area (Å²) in [5, 5.41) is 7.43. The van der Waals surface area contributed by atoms with E-state index in [0.29, 0.717) is 5.11 Å². The number of anilines is 1. The summed E-state index contributed by atoms with van der Waals surface area (Å²) in [6.45, 7) is 4.64. The molecular weight excluding hydrogens is 334 g/mol. The third-order valence-corrected chi connectivity index (χ3v) is 5.64. The highest BCUT2D eigenvalue weighted by Gasteiger charge is 2.38. The van der Waals surface area contributed by atoms with Crippen LogP contribution in [0.15, 0.2) is 24.3 Å². The zero-order valence-corrected chi connectivity index (χ0v) is 15.9. The Morgan fingerprint density at radius 1 is 1.16 bits per heavy atom. The van der Waals surface area contributed by atoms with Crippen LogP contribution in [0.25, 0.3) is 0 Å². The van der Waals surface area contributed by atoms with E-state index in [2.05, 4.69) is 15.5 Å². The van der Waals surface area contributed by atoms with Crippen molar-refractivity contribution in [2.24, 2.45) is 0 Å². The maximum atomic E-state index is 5.55. The minimum atomic E-state index is 0.216. The molecule has 0 bridgehead atoms. The Labute approximate surface area is 156 Å². The Morgan fingerprint density at radius 2 is 1.84 bits per heavy atom. The monoisotopic (exact) mass is 363 g/mol. The van der Waals surface area contributed by atoms with Crippen molar-refractivity contribution in [3.05, 3.63) is 24.3 Å². The molecule has 0 radical (unpaired) electrons. The molecule has 3 rings (SSSR count). The van der Waals surface area contributed by atoms with Crippen molar-refractivity contribution in [2.75, 3.05) is 45.3 Å². The molecule has 1 aromatic carbocycles. The van der Waals surface area contributed by atoms with Gasteiger partial charge in [0.05, 0.1) is 20.3 Å². The highest BCUT2D eigenvalue weighted by atomic mass is 32.1. The zero-order valence-electron chi connectivity index (χ0n) is 15.1. The van der Waals surface area contributed by atoms with Gasteiger partial charge in [-0.3, -0.25) is 4.90 Å². The molecule has 0 aromatic heterocycles. The lowest BCUT2D eigenvalue weighted by atomic mass is 9.80. The molecule has 1 saturated carbocycles. The molecule has 2 aliphatic rings. The molecule has 5 nitrogen and oxygen atoms in total. The van der Waals surface area contributed by atoms with Gasteiger partial charge in [-0.1, -0.05) is 19.3 Å². The van der Waals surface area contributed by atoms with Gasteiger partial charge in [0, 0.05) is 30.9 Å². The Morgan fingerprint density at radius 3 is 2.48 bits per heavy atom. The second kappa shape index (κ2) is 8.83. The molecular formula is C19H29N3O2S. The smallest absolute Gasteiger partial charge is 0.170 e. The number of benzene rings is 1. The Balaban J connectivity index is 1.57. The van der Waals surface area contributed by atoms with Crippen LogP contribution in [-0.2, 0) is 4.74 Å². The maximum absolute atomic E-state index is 5.55. The van der Waals surface area contributed by atoms with E-state index < -0.39 is 0 Å². The second-order valence-electron chi connectivity index (χ2n) is 6.92. The third-order valence-electron chi connectivity index (χ3n) is 5.39. The Bertz CT molecular complexity index is 552. The number of rotatable bonds is 5. The molecule has 138 valence electrons. The van der Waals surface area contributed by atoms with Gasteiger partial charge in [0.15, 0.2) is 5.11 Å². The van der Waals surface area contributed by atoms with E-state index in [9.17, 15) is 0 Å². The standard InChI is InChI=1S/C19H29N3O2S/c1-23-17-7-5-16(6-8-17)21-18(25)20-15-19(9-3-2-4-10-19)22-11-13-24-14-12-22/h5-8H,2-4,9-15H2,1H3,(H2,20,21,25). The first-order chi connectivity index (χ1) is 12.2. The number of morpholine rings is 1. The lowest BCUT2D eigenvalue weighted by molar-refractivity contribution is -0.0351. The summed E-state index contributed by atoms with van der Waals surface area (Å²) in [5.74, 6) is 0.845. The lowest BCUT2D eigenvalue weighted by Gasteiger charge is -2.48. The van der Waals surface area contributed by atoms with Crippen molar-refractivity contribution < 1.29 is 9.47 Å². The van der Waals surface area contributed by atoms with Gasteiger partial charge in [0.2, 0.25) is 0 Å². The van der Waals surface area contributed by atoms with E-state index >= 15 is 0 Å². The van der Waals surface area contributed by atoms with Crippen LogP contribution in [0, 0.1) is 0 Å². The van der Waals surface area contributed by atoms with Crippen molar-refractivity contribution in [3.63, 3.8) is 0 Å². The SMILES string of the molecule is COc1ccc(NC(=S)NCC2(N3CCOCC3)CCCCC2)cc1. The molecule has 1 aliphatic carbocycles. The second-order valence-corrected chi connectivity index (χ2v) is 7.33. The van der Waals surface area contributed by atoms with Crippen LogP contribution < -0.4 is 15.4 Å². The van der Waals surface area contributed by atoms with Gasteiger partial charge in [-0.05, 0) is 49.3 Å². The largest absolute Gasteiger partial charge is 0.497 e. The number of thiocarbonyl (C=S) groups is 1. The molecule has 2 N–H and O–H groups in total. The van der Waals surface area contributed by atoms with E-state index in [-0.39, 0.29) is 5.54 Å². The number of hydrogen-bond acceptors (Lipinski definition) is 4. The van der Waals surface area contributed by atoms with Crippen LogP contribution >= 0.6 is 12.2 Å². The summed E-state index contributed by atoms with van der Waals surface area (Å²) >= 11 is 5.52. The van der Waals surface area contributed by atoms with E-state index in [0.717, 1.165) is 44.3 Å².